The first kappa shape index (κ1) is 13.0. The number of fused-ring (bicyclic) bond motifs is 1. The minimum absolute atomic E-state index is 0.494. The molecule has 0 saturated heterocycles. The average Bonchev–Trinajstić information content (AvgIpc) is 2.49. The molecule has 0 aromatic heterocycles. The van der Waals surface area contributed by atoms with E-state index in [0.717, 1.165) is 22.6 Å². The maximum absolute atomic E-state index is 6.00. The van der Waals surface area contributed by atoms with Crippen molar-refractivity contribution in [1.29, 1.82) is 0 Å². The molecule has 0 saturated carbocycles. The number of benzene rings is 3. The number of halogens is 1. The molecular formula is C18H15ClO. The van der Waals surface area contributed by atoms with Crippen molar-refractivity contribution in [1.82, 2.24) is 0 Å². The summed E-state index contributed by atoms with van der Waals surface area (Å²) < 4.78 is 6.00. The Morgan fingerprint density at radius 2 is 1.70 bits per heavy atom. The Labute approximate surface area is 123 Å². The third-order valence-electron chi connectivity index (χ3n) is 3.36. The Bertz CT molecular complexity index is 749. The van der Waals surface area contributed by atoms with Gasteiger partial charge in [-0.15, -0.1) is 11.6 Å². The van der Waals surface area contributed by atoms with Crippen LogP contribution in [0.1, 0.15) is 11.1 Å². The maximum atomic E-state index is 6.00. The Morgan fingerprint density at radius 3 is 2.50 bits per heavy atom. The monoisotopic (exact) mass is 282 g/mol. The molecule has 0 fully saturated rings. The summed E-state index contributed by atoms with van der Waals surface area (Å²) in [6, 6.07) is 20.4. The molecule has 0 spiro atoms. The van der Waals surface area contributed by atoms with E-state index >= 15 is 0 Å². The molecule has 1 nitrogen and oxygen atoms in total. The van der Waals surface area contributed by atoms with Gasteiger partial charge in [0.05, 0.1) is 0 Å². The van der Waals surface area contributed by atoms with Crippen LogP contribution in [0.3, 0.4) is 0 Å². The second kappa shape index (κ2) is 5.56. The molecule has 0 unspecified atom stereocenters. The molecule has 20 heavy (non-hydrogen) atoms. The van der Waals surface area contributed by atoms with E-state index in [0.29, 0.717) is 5.88 Å². The summed E-state index contributed by atoms with van der Waals surface area (Å²) in [6.45, 7) is 2.04. The van der Waals surface area contributed by atoms with Crippen LogP contribution < -0.4 is 4.74 Å². The number of ether oxygens (including phenoxy) is 1. The maximum Gasteiger partial charge on any atom is 0.130 e. The topological polar surface area (TPSA) is 9.23 Å². The summed E-state index contributed by atoms with van der Waals surface area (Å²) in [5.74, 6) is 2.20. The highest BCUT2D eigenvalue weighted by atomic mass is 35.5. The van der Waals surface area contributed by atoms with Gasteiger partial charge in [0.15, 0.2) is 0 Å². The first-order valence-corrected chi connectivity index (χ1v) is 7.12. The molecule has 100 valence electrons. The van der Waals surface area contributed by atoms with Crippen LogP contribution in [-0.2, 0) is 5.88 Å². The van der Waals surface area contributed by atoms with Crippen molar-refractivity contribution in [3.05, 3.63) is 71.8 Å². The molecule has 0 heterocycles. The van der Waals surface area contributed by atoms with Gasteiger partial charge < -0.3 is 4.74 Å². The molecule has 3 aromatic rings. The van der Waals surface area contributed by atoms with Crippen molar-refractivity contribution >= 4 is 22.4 Å². The molecule has 0 N–H and O–H groups in total. The third-order valence-corrected chi connectivity index (χ3v) is 3.66. The fraction of sp³-hybridized carbons (Fsp3) is 0.111. The van der Waals surface area contributed by atoms with E-state index in [9.17, 15) is 0 Å². The van der Waals surface area contributed by atoms with Gasteiger partial charge in [0.2, 0.25) is 0 Å². The van der Waals surface area contributed by atoms with Gasteiger partial charge in [0, 0.05) is 5.88 Å². The van der Waals surface area contributed by atoms with Gasteiger partial charge in [-0.2, -0.15) is 0 Å². The summed E-state index contributed by atoms with van der Waals surface area (Å²) in [5.41, 5.74) is 2.17. The summed E-state index contributed by atoms with van der Waals surface area (Å²) in [5, 5.41) is 2.39. The average molecular weight is 283 g/mol. The minimum atomic E-state index is 0.494. The van der Waals surface area contributed by atoms with Crippen molar-refractivity contribution in [3.63, 3.8) is 0 Å². The van der Waals surface area contributed by atoms with E-state index in [1.54, 1.807) is 0 Å². The van der Waals surface area contributed by atoms with Gasteiger partial charge >= 0.3 is 0 Å². The molecule has 3 aromatic carbocycles. The van der Waals surface area contributed by atoms with Crippen LogP contribution in [0.15, 0.2) is 60.7 Å². The van der Waals surface area contributed by atoms with Crippen molar-refractivity contribution in [2.75, 3.05) is 0 Å². The van der Waals surface area contributed by atoms with Gasteiger partial charge in [-0.3, -0.25) is 0 Å². The largest absolute Gasteiger partial charge is 0.457 e. The highest BCUT2D eigenvalue weighted by Crippen LogP contribution is 2.29. The Balaban J connectivity index is 1.96. The van der Waals surface area contributed by atoms with Crippen LogP contribution in [0.25, 0.3) is 10.8 Å². The van der Waals surface area contributed by atoms with Gasteiger partial charge in [-0.25, -0.2) is 0 Å². The Morgan fingerprint density at radius 1 is 0.900 bits per heavy atom. The molecule has 0 aliphatic heterocycles. The highest BCUT2D eigenvalue weighted by molar-refractivity contribution is 6.17. The smallest absolute Gasteiger partial charge is 0.130 e. The standard InChI is InChI=1S/C18H15ClO/c1-13-6-7-14(12-19)10-18(13)20-17-9-8-15-4-2-3-5-16(15)11-17/h2-11H,12H2,1H3. The predicted molar refractivity (Wildman–Crippen MR) is 84.8 cm³/mol. The van der Waals surface area contributed by atoms with E-state index < -0.39 is 0 Å². The molecule has 0 radical (unpaired) electrons. The van der Waals surface area contributed by atoms with Crippen molar-refractivity contribution < 1.29 is 4.74 Å². The zero-order chi connectivity index (χ0) is 13.9. The summed E-state index contributed by atoms with van der Waals surface area (Å²) >= 11 is 5.88. The number of rotatable bonds is 3. The number of aryl methyl sites for hydroxylation is 1. The Kier molecular flexibility index (Phi) is 3.62. The molecule has 0 atom stereocenters. The van der Waals surface area contributed by atoms with E-state index in [4.69, 9.17) is 16.3 Å². The lowest BCUT2D eigenvalue weighted by Crippen LogP contribution is -1.89. The quantitative estimate of drug-likeness (QED) is 0.562. The van der Waals surface area contributed by atoms with E-state index in [1.807, 2.05) is 43.3 Å². The SMILES string of the molecule is Cc1ccc(CCl)cc1Oc1ccc2ccccc2c1. The highest BCUT2D eigenvalue weighted by Gasteiger charge is 2.04. The Hall–Kier alpha value is -1.99. The van der Waals surface area contributed by atoms with Crippen LogP contribution in [0.2, 0.25) is 0 Å². The minimum Gasteiger partial charge on any atom is -0.457 e. The van der Waals surface area contributed by atoms with Crippen LogP contribution in [0.4, 0.5) is 0 Å². The lowest BCUT2D eigenvalue weighted by molar-refractivity contribution is 0.479. The molecule has 0 bridgehead atoms. The molecule has 0 aliphatic carbocycles. The van der Waals surface area contributed by atoms with Gasteiger partial charge in [-0.05, 0) is 47.0 Å². The van der Waals surface area contributed by atoms with Crippen LogP contribution in [0, 0.1) is 6.92 Å². The van der Waals surface area contributed by atoms with Crippen LogP contribution in [0.5, 0.6) is 11.5 Å². The molecule has 0 aliphatic rings. The summed E-state index contributed by atoms with van der Waals surface area (Å²) in [4.78, 5) is 0. The van der Waals surface area contributed by atoms with Crippen molar-refractivity contribution in [3.8, 4) is 11.5 Å². The van der Waals surface area contributed by atoms with E-state index in [-0.39, 0.29) is 0 Å². The second-order valence-electron chi connectivity index (χ2n) is 4.84. The molecule has 2 heteroatoms. The zero-order valence-corrected chi connectivity index (χ0v) is 12.0. The second-order valence-corrected chi connectivity index (χ2v) is 5.11. The van der Waals surface area contributed by atoms with Crippen molar-refractivity contribution in [2.45, 2.75) is 12.8 Å². The molecular weight excluding hydrogens is 268 g/mol. The van der Waals surface area contributed by atoms with Crippen molar-refractivity contribution in [2.24, 2.45) is 0 Å². The summed E-state index contributed by atoms with van der Waals surface area (Å²) in [7, 11) is 0. The van der Waals surface area contributed by atoms with Crippen LogP contribution in [-0.4, -0.2) is 0 Å². The first-order valence-electron chi connectivity index (χ1n) is 6.58. The first-order chi connectivity index (χ1) is 9.76. The normalized spacial score (nSPS) is 10.7. The molecule has 0 amide bonds. The number of hydrogen-bond donors (Lipinski definition) is 0. The lowest BCUT2D eigenvalue weighted by atomic mass is 10.1. The lowest BCUT2D eigenvalue weighted by Gasteiger charge is -2.10. The fourth-order valence-corrected chi connectivity index (χ4v) is 2.36. The van der Waals surface area contributed by atoms with E-state index in [2.05, 4.69) is 24.3 Å². The van der Waals surface area contributed by atoms with Gasteiger partial charge in [0.25, 0.3) is 0 Å². The third kappa shape index (κ3) is 2.63. The number of alkyl halides is 1. The van der Waals surface area contributed by atoms with Crippen LogP contribution >= 0.6 is 11.6 Å². The fourth-order valence-electron chi connectivity index (χ4n) is 2.20. The number of hydrogen-bond acceptors (Lipinski definition) is 1. The van der Waals surface area contributed by atoms with Gasteiger partial charge in [0.1, 0.15) is 11.5 Å². The zero-order valence-electron chi connectivity index (χ0n) is 11.3. The summed E-state index contributed by atoms with van der Waals surface area (Å²) in [6.07, 6.45) is 0. The predicted octanol–water partition coefficient (Wildman–Crippen LogP) is 5.68. The van der Waals surface area contributed by atoms with Gasteiger partial charge in [-0.1, -0.05) is 42.5 Å². The van der Waals surface area contributed by atoms with E-state index in [1.165, 1.54) is 10.8 Å². The molecule has 3 rings (SSSR count).